The van der Waals surface area contributed by atoms with Crippen LogP contribution in [0.4, 0.5) is 5.69 Å². The third-order valence-electron chi connectivity index (χ3n) is 4.42. The molecule has 0 amide bonds. The van der Waals surface area contributed by atoms with Gasteiger partial charge in [-0.1, -0.05) is 38.2 Å². The predicted molar refractivity (Wildman–Crippen MR) is 84.9 cm³/mol. The molecule has 1 aromatic carbocycles. The number of hydrogen-bond donors (Lipinski definition) is 3. The second kappa shape index (κ2) is 6.16. The summed E-state index contributed by atoms with van der Waals surface area (Å²) in [6.45, 7) is 0.843. The normalized spacial score (nSPS) is 16.2. The van der Waals surface area contributed by atoms with Crippen molar-refractivity contribution in [2.75, 3.05) is 11.9 Å². The fourth-order valence-electron chi connectivity index (χ4n) is 3.26. The molecule has 0 spiro atoms. The number of H-pyrrole nitrogens is 2. The molecule has 1 aromatic heterocycles. The summed E-state index contributed by atoms with van der Waals surface area (Å²) in [7, 11) is 0. The summed E-state index contributed by atoms with van der Waals surface area (Å²) < 4.78 is 0. The van der Waals surface area contributed by atoms with Crippen molar-refractivity contribution in [1.82, 2.24) is 10.2 Å². The standard InChI is InChI=1S/C16H21N3O2/c20-15-12-7-4-8-13(14(12)16(21)19-18-15)17-10-9-11-5-2-1-3-6-11/h4,7-8,11,17H,1-3,5-6,9-10H2,(H,18,20)(H,19,21). The Bertz CT molecular complexity index is 726. The zero-order chi connectivity index (χ0) is 14.7. The summed E-state index contributed by atoms with van der Waals surface area (Å²) in [6.07, 6.45) is 7.81. The molecule has 0 saturated heterocycles. The summed E-state index contributed by atoms with van der Waals surface area (Å²) in [6, 6.07) is 5.34. The Kier molecular flexibility index (Phi) is 4.08. The smallest absolute Gasteiger partial charge is 0.272 e. The molecule has 0 bridgehead atoms. The molecule has 3 rings (SSSR count). The lowest BCUT2D eigenvalue weighted by Crippen LogP contribution is -2.20. The van der Waals surface area contributed by atoms with Crippen LogP contribution in [0, 0.1) is 5.92 Å². The van der Waals surface area contributed by atoms with E-state index in [9.17, 15) is 9.59 Å². The molecule has 1 saturated carbocycles. The number of rotatable bonds is 4. The van der Waals surface area contributed by atoms with Gasteiger partial charge in [0.1, 0.15) is 0 Å². The summed E-state index contributed by atoms with van der Waals surface area (Å²) in [5, 5.41) is 8.96. The molecule has 1 fully saturated rings. The van der Waals surface area contributed by atoms with E-state index in [-0.39, 0.29) is 11.1 Å². The van der Waals surface area contributed by atoms with Gasteiger partial charge >= 0.3 is 0 Å². The van der Waals surface area contributed by atoms with Crippen molar-refractivity contribution in [3.63, 3.8) is 0 Å². The first kappa shape index (κ1) is 13.9. The van der Waals surface area contributed by atoms with Crippen LogP contribution in [0.1, 0.15) is 38.5 Å². The van der Waals surface area contributed by atoms with E-state index in [4.69, 9.17) is 0 Å². The number of aromatic amines is 2. The molecule has 21 heavy (non-hydrogen) atoms. The van der Waals surface area contributed by atoms with Crippen LogP contribution in [0.5, 0.6) is 0 Å². The largest absolute Gasteiger partial charge is 0.384 e. The van der Waals surface area contributed by atoms with Crippen LogP contribution < -0.4 is 16.4 Å². The Hall–Kier alpha value is -2.04. The number of hydrogen-bond acceptors (Lipinski definition) is 3. The molecule has 5 heteroatoms. The van der Waals surface area contributed by atoms with Crippen molar-refractivity contribution in [2.45, 2.75) is 38.5 Å². The maximum atomic E-state index is 12.0. The highest BCUT2D eigenvalue weighted by atomic mass is 16.1. The van der Waals surface area contributed by atoms with Crippen molar-refractivity contribution < 1.29 is 0 Å². The van der Waals surface area contributed by atoms with Gasteiger partial charge in [0.05, 0.1) is 10.8 Å². The van der Waals surface area contributed by atoms with E-state index < -0.39 is 0 Å². The van der Waals surface area contributed by atoms with E-state index in [0.717, 1.165) is 24.6 Å². The molecule has 2 aromatic rings. The molecule has 3 N–H and O–H groups in total. The van der Waals surface area contributed by atoms with Gasteiger partial charge in [-0.25, -0.2) is 0 Å². The third-order valence-corrected chi connectivity index (χ3v) is 4.42. The van der Waals surface area contributed by atoms with Crippen LogP contribution >= 0.6 is 0 Å². The maximum Gasteiger partial charge on any atom is 0.272 e. The fraction of sp³-hybridized carbons (Fsp3) is 0.500. The lowest BCUT2D eigenvalue weighted by Gasteiger charge is -2.21. The summed E-state index contributed by atoms with van der Waals surface area (Å²) in [5.74, 6) is 0.794. The van der Waals surface area contributed by atoms with Crippen molar-refractivity contribution in [1.29, 1.82) is 0 Å². The minimum absolute atomic E-state index is 0.259. The van der Waals surface area contributed by atoms with Gasteiger partial charge in [-0.05, 0) is 24.5 Å². The molecular formula is C16H21N3O2. The van der Waals surface area contributed by atoms with Gasteiger partial charge in [0, 0.05) is 12.2 Å². The molecule has 5 nitrogen and oxygen atoms in total. The first-order valence-electron chi connectivity index (χ1n) is 7.73. The van der Waals surface area contributed by atoms with E-state index in [2.05, 4.69) is 15.5 Å². The first-order chi connectivity index (χ1) is 10.3. The Balaban J connectivity index is 1.76. The second-order valence-corrected chi connectivity index (χ2v) is 5.86. The minimum atomic E-state index is -0.263. The van der Waals surface area contributed by atoms with Crippen molar-refractivity contribution >= 4 is 16.5 Å². The van der Waals surface area contributed by atoms with Crippen molar-refractivity contribution in [3.8, 4) is 0 Å². The highest BCUT2D eigenvalue weighted by Gasteiger charge is 2.13. The van der Waals surface area contributed by atoms with E-state index in [1.54, 1.807) is 12.1 Å². The van der Waals surface area contributed by atoms with Crippen LogP contribution in [0.25, 0.3) is 10.8 Å². The average Bonchev–Trinajstić information content (AvgIpc) is 2.52. The van der Waals surface area contributed by atoms with Gasteiger partial charge < -0.3 is 5.32 Å². The maximum absolute atomic E-state index is 12.0. The van der Waals surface area contributed by atoms with Crippen LogP contribution in [0.3, 0.4) is 0 Å². The Morgan fingerprint density at radius 2 is 1.81 bits per heavy atom. The zero-order valence-electron chi connectivity index (χ0n) is 12.1. The van der Waals surface area contributed by atoms with Crippen LogP contribution in [0.15, 0.2) is 27.8 Å². The Labute approximate surface area is 122 Å². The van der Waals surface area contributed by atoms with Crippen molar-refractivity contribution in [2.24, 2.45) is 5.92 Å². The quantitative estimate of drug-likeness (QED) is 0.809. The van der Waals surface area contributed by atoms with E-state index >= 15 is 0 Å². The third kappa shape index (κ3) is 3.01. The fourth-order valence-corrected chi connectivity index (χ4v) is 3.26. The molecule has 1 aliphatic carbocycles. The SMILES string of the molecule is O=c1[nH][nH]c(=O)c2c(NCCC3CCCCC3)cccc12. The van der Waals surface area contributed by atoms with Crippen LogP contribution in [-0.4, -0.2) is 16.7 Å². The summed E-state index contributed by atoms with van der Waals surface area (Å²) in [5.41, 5.74) is 0.224. The molecule has 1 aliphatic rings. The van der Waals surface area contributed by atoms with Crippen LogP contribution in [-0.2, 0) is 0 Å². The Morgan fingerprint density at radius 1 is 1.05 bits per heavy atom. The van der Waals surface area contributed by atoms with E-state index in [1.807, 2.05) is 6.07 Å². The van der Waals surface area contributed by atoms with Gasteiger partial charge in [-0.3, -0.25) is 19.8 Å². The number of anilines is 1. The molecular weight excluding hydrogens is 266 g/mol. The van der Waals surface area contributed by atoms with E-state index in [0.29, 0.717) is 10.8 Å². The molecule has 0 radical (unpaired) electrons. The number of fused-ring (bicyclic) bond motifs is 1. The molecule has 0 unspecified atom stereocenters. The summed E-state index contributed by atoms with van der Waals surface area (Å²) in [4.78, 5) is 23.7. The highest BCUT2D eigenvalue weighted by molar-refractivity contribution is 5.92. The molecule has 1 heterocycles. The van der Waals surface area contributed by atoms with Gasteiger partial charge in [0.25, 0.3) is 11.1 Å². The summed E-state index contributed by atoms with van der Waals surface area (Å²) >= 11 is 0. The van der Waals surface area contributed by atoms with Crippen molar-refractivity contribution in [3.05, 3.63) is 38.9 Å². The topological polar surface area (TPSA) is 77.8 Å². The van der Waals surface area contributed by atoms with Gasteiger partial charge in [-0.15, -0.1) is 0 Å². The molecule has 112 valence electrons. The monoisotopic (exact) mass is 287 g/mol. The average molecular weight is 287 g/mol. The number of benzene rings is 1. The van der Waals surface area contributed by atoms with Gasteiger partial charge in [0.15, 0.2) is 0 Å². The number of nitrogens with one attached hydrogen (secondary N) is 3. The van der Waals surface area contributed by atoms with Gasteiger partial charge in [0.2, 0.25) is 0 Å². The molecule has 0 aliphatic heterocycles. The second-order valence-electron chi connectivity index (χ2n) is 5.86. The predicted octanol–water partition coefficient (Wildman–Crippen LogP) is 2.60. The minimum Gasteiger partial charge on any atom is -0.384 e. The highest BCUT2D eigenvalue weighted by Crippen LogP contribution is 2.26. The lowest BCUT2D eigenvalue weighted by atomic mass is 9.87. The lowest BCUT2D eigenvalue weighted by molar-refractivity contribution is 0.345. The van der Waals surface area contributed by atoms with Crippen LogP contribution in [0.2, 0.25) is 0 Å². The number of aromatic nitrogens is 2. The zero-order valence-corrected chi connectivity index (χ0v) is 12.1. The van der Waals surface area contributed by atoms with Gasteiger partial charge in [-0.2, -0.15) is 0 Å². The molecule has 0 atom stereocenters. The van der Waals surface area contributed by atoms with E-state index in [1.165, 1.54) is 32.1 Å². The first-order valence-corrected chi connectivity index (χ1v) is 7.73. The Morgan fingerprint density at radius 3 is 2.62 bits per heavy atom.